The molecule has 3 heterocycles. The Kier molecular flexibility index (Phi) is 8.91. The molecule has 0 saturated carbocycles. The maximum absolute atomic E-state index is 13.6. The fourth-order valence-electron chi connectivity index (χ4n) is 4.00. The summed E-state index contributed by atoms with van der Waals surface area (Å²) >= 11 is 6.41. The highest BCUT2D eigenvalue weighted by Gasteiger charge is 2.32. The first-order valence-corrected chi connectivity index (χ1v) is 12.5. The predicted molar refractivity (Wildman–Crippen MR) is 142 cm³/mol. The number of ether oxygens (including phenoxy) is 1. The minimum atomic E-state index is -4.56. The summed E-state index contributed by atoms with van der Waals surface area (Å²) in [6.45, 7) is 11.2. The first kappa shape index (κ1) is 29.2. The SMILES string of the molecule is C=C(/C=C\C(=C/C)C(F)(F)F)n1c(C2=CCC=NC=C2Cl)nn(C2CCN(C(=O)OC(C)(C)C)CC2)c1=O. The van der Waals surface area contributed by atoms with Crippen molar-refractivity contribution in [3.63, 3.8) is 0 Å². The molecule has 0 bridgehead atoms. The first-order chi connectivity index (χ1) is 17.7. The molecule has 3 rings (SSSR count). The third-order valence-corrected chi connectivity index (χ3v) is 6.16. The van der Waals surface area contributed by atoms with Crippen molar-refractivity contribution in [2.75, 3.05) is 13.1 Å². The van der Waals surface area contributed by atoms with Gasteiger partial charge in [-0.15, -0.1) is 5.10 Å². The summed E-state index contributed by atoms with van der Waals surface area (Å²) in [5.74, 6) is 0.139. The van der Waals surface area contributed by atoms with Gasteiger partial charge < -0.3 is 9.64 Å². The van der Waals surface area contributed by atoms with Crippen LogP contribution in [0.2, 0.25) is 0 Å². The van der Waals surface area contributed by atoms with E-state index in [1.165, 1.54) is 17.8 Å². The van der Waals surface area contributed by atoms with Crippen LogP contribution < -0.4 is 5.69 Å². The largest absolute Gasteiger partial charge is 0.444 e. The molecule has 12 heteroatoms. The Morgan fingerprint density at radius 1 is 1.21 bits per heavy atom. The lowest BCUT2D eigenvalue weighted by Gasteiger charge is -2.33. The lowest BCUT2D eigenvalue weighted by atomic mass is 10.1. The molecule has 0 radical (unpaired) electrons. The number of nitrogens with zero attached hydrogens (tertiary/aromatic N) is 5. The zero-order chi connectivity index (χ0) is 28.3. The molecule has 0 spiro atoms. The van der Waals surface area contributed by atoms with Crippen LogP contribution in [0, 0.1) is 0 Å². The molecular weight excluding hydrogens is 523 g/mol. The van der Waals surface area contributed by atoms with Gasteiger partial charge in [-0.05, 0) is 52.7 Å². The van der Waals surface area contributed by atoms with Crippen molar-refractivity contribution < 1.29 is 22.7 Å². The van der Waals surface area contributed by atoms with Crippen LogP contribution in [0.4, 0.5) is 18.0 Å². The van der Waals surface area contributed by atoms with E-state index in [2.05, 4.69) is 16.7 Å². The lowest BCUT2D eigenvalue weighted by Crippen LogP contribution is -2.43. The second-order valence-electron chi connectivity index (χ2n) is 9.81. The Hall–Kier alpha value is -3.34. The summed E-state index contributed by atoms with van der Waals surface area (Å²) in [5, 5.41) is 4.77. The van der Waals surface area contributed by atoms with E-state index in [1.54, 1.807) is 38.0 Å². The maximum atomic E-state index is 13.6. The highest BCUT2D eigenvalue weighted by molar-refractivity contribution is 6.36. The summed E-state index contributed by atoms with van der Waals surface area (Å²) < 4.78 is 47.5. The van der Waals surface area contributed by atoms with Crippen LogP contribution in [0.5, 0.6) is 0 Å². The molecule has 1 fully saturated rings. The van der Waals surface area contributed by atoms with E-state index >= 15 is 0 Å². The molecule has 2 aliphatic rings. The van der Waals surface area contributed by atoms with Gasteiger partial charge in [-0.1, -0.05) is 30.3 Å². The summed E-state index contributed by atoms with van der Waals surface area (Å²) in [4.78, 5) is 31.7. The number of amides is 1. The topological polar surface area (TPSA) is 81.7 Å². The quantitative estimate of drug-likeness (QED) is 0.413. The summed E-state index contributed by atoms with van der Waals surface area (Å²) in [5.41, 5.74) is -1.69. The maximum Gasteiger partial charge on any atom is 0.416 e. The molecule has 1 aromatic rings. The molecule has 0 unspecified atom stereocenters. The first-order valence-electron chi connectivity index (χ1n) is 12.1. The molecule has 206 valence electrons. The van der Waals surface area contributed by atoms with E-state index in [4.69, 9.17) is 16.3 Å². The van der Waals surface area contributed by atoms with Crippen LogP contribution in [0.25, 0.3) is 11.3 Å². The smallest absolute Gasteiger partial charge is 0.416 e. The zero-order valence-corrected chi connectivity index (χ0v) is 22.5. The molecule has 0 N–H and O–H groups in total. The van der Waals surface area contributed by atoms with E-state index in [9.17, 15) is 22.8 Å². The Labute approximate surface area is 224 Å². The predicted octanol–water partition coefficient (Wildman–Crippen LogP) is 6.09. The third-order valence-electron chi connectivity index (χ3n) is 5.86. The van der Waals surface area contributed by atoms with Crippen LogP contribution in [0.3, 0.4) is 0 Å². The number of halogens is 4. The lowest BCUT2D eigenvalue weighted by molar-refractivity contribution is -0.0883. The number of allylic oxidation sites excluding steroid dienone is 8. The molecule has 1 aromatic heterocycles. The summed E-state index contributed by atoms with van der Waals surface area (Å²) in [6.07, 6.45) is 3.96. The zero-order valence-electron chi connectivity index (χ0n) is 21.8. The second-order valence-corrected chi connectivity index (χ2v) is 10.2. The van der Waals surface area contributed by atoms with Gasteiger partial charge in [0.2, 0.25) is 0 Å². The molecule has 1 saturated heterocycles. The highest BCUT2D eigenvalue weighted by atomic mass is 35.5. The Morgan fingerprint density at radius 3 is 2.45 bits per heavy atom. The number of likely N-dealkylation sites (tertiary alicyclic amines) is 1. The standard InChI is InChI=1S/C26H31ClF3N5O3/c1-6-18(26(28,29)30)10-9-17(2)34-22(20-8-7-13-31-16-21(20)27)32-35(23(34)36)19-11-14-33(15-12-19)24(37)38-25(3,4)5/h6,8-10,13,16,19H,2,7,11-12,14-15H2,1,3-5H3/b10-9-,18-6+. The number of rotatable bonds is 5. The van der Waals surface area contributed by atoms with Crippen molar-refractivity contribution in [2.24, 2.45) is 4.99 Å². The summed E-state index contributed by atoms with van der Waals surface area (Å²) in [6, 6.07) is -0.357. The number of carbonyl (C=O) groups excluding carboxylic acids is 1. The molecule has 0 atom stereocenters. The fraction of sp³-hybridized carbons (Fsp3) is 0.462. The van der Waals surface area contributed by atoms with Gasteiger partial charge in [0.15, 0.2) is 5.82 Å². The van der Waals surface area contributed by atoms with Crippen molar-refractivity contribution in [1.82, 2.24) is 19.2 Å². The molecular formula is C26H31ClF3N5O3. The van der Waals surface area contributed by atoms with Crippen LogP contribution in [0.1, 0.15) is 58.8 Å². The molecule has 0 aromatic carbocycles. The minimum absolute atomic E-state index is 0.0124. The molecule has 2 aliphatic heterocycles. The Bertz CT molecular complexity index is 1280. The highest BCUT2D eigenvalue weighted by Crippen LogP contribution is 2.30. The normalized spacial score (nSPS) is 17.9. The van der Waals surface area contributed by atoms with Crippen LogP contribution in [0.15, 0.2) is 57.5 Å². The van der Waals surface area contributed by atoms with Gasteiger partial charge in [-0.25, -0.2) is 18.8 Å². The molecule has 0 aliphatic carbocycles. The molecule has 38 heavy (non-hydrogen) atoms. The van der Waals surface area contributed by atoms with Gasteiger partial charge in [0, 0.05) is 43.2 Å². The average molecular weight is 554 g/mol. The number of piperidine rings is 1. The van der Waals surface area contributed by atoms with Gasteiger partial charge in [0.1, 0.15) is 5.60 Å². The van der Waals surface area contributed by atoms with Crippen LogP contribution >= 0.6 is 11.6 Å². The van der Waals surface area contributed by atoms with Gasteiger partial charge in [-0.2, -0.15) is 13.2 Å². The number of carbonyl (C=O) groups is 1. The van der Waals surface area contributed by atoms with Gasteiger partial charge in [0.25, 0.3) is 0 Å². The van der Waals surface area contributed by atoms with Crippen molar-refractivity contribution in [2.45, 2.75) is 64.8 Å². The van der Waals surface area contributed by atoms with Gasteiger partial charge in [0.05, 0.1) is 16.6 Å². The molecule has 8 nitrogen and oxygen atoms in total. The van der Waals surface area contributed by atoms with Crippen molar-refractivity contribution in [1.29, 1.82) is 0 Å². The number of aromatic nitrogens is 3. The van der Waals surface area contributed by atoms with E-state index in [0.717, 1.165) is 22.8 Å². The van der Waals surface area contributed by atoms with Crippen molar-refractivity contribution in [3.8, 4) is 0 Å². The number of aliphatic imine (C=N–C) groups is 1. The van der Waals surface area contributed by atoms with E-state index in [-0.39, 0.29) is 22.6 Å². The average Bonchev–Trinajstić information content (AvgIpc) is 3.00. The second kappa shape index (κ2) is 11.6. The van der Waals surface area contributed by atoms with Gasteiger partial charge in [-0.3, -0.25) is 4.99 Å². The number of hydrogen-bond acceptors (Lipinski definition) is 5. The van der Waals surface area contributed by atoms with Crippen LogP contribution in [-0.2, 0) is 4.74 Å². The van der Waals surface area contributed by atoms with Crippen molar-refractivity contribution in [3.05, 3.63) is 64.0 Å². The Balaban J connectivity index is 1.97. The van der Waals surface area contributed by atoms with E-state index in [1.807, 2.05) is 0 Å². The fourth-order valence-corrected chi connectivity index (χ4v) is 4.22. The van der Waals surface area contributed by atoms with E-state index in [0.29, 0.717) is 37.9 Å². The van der Waals surface area contributed by atoms with Crippen molar-refractivity contribution >= 4 is 35.2 Å². The molecule has 1 amide bonds. The minimum Gasteiger partial charge on any atom is -0.444 e. The Morgan fingerprint density at radius 2 is 1.87 bits per heavy atom. The van der Waals surface area contributed by atoms with Gasteiger partial charge >= 0.3 is 18.0 Å². The van der Waals surface area contributed by atoms with Crippen LogP contribution in [-0.4, -0.2) is 56.4 Å². The summed E-state index contributed by atoms with van der Waals surface area (Å²) in [7, 11) is 0. The third kappa shape index (κ3) is 6.94. The monoisotopic (exact) mass is 553 g/mol. The number of alkyl halides is 3. The van der Waals surface area contributed by atoms with E-state index < -0.39 is 29.1 Å². The number of hydrogen-bond donors (Lipinski definition) is 0.